The normalized spacial score (nSPS) is 13.7. The van der Waals surface area contributed by atoms with Gasteiger partial charge in [0.15, 0.2) is 0 Å². The summed E-state index contributed by atoms with van der Waals surface area (Å²) in [4.78, 5) is 25.2. The molecular formula is C17H20N4O2S. The lowest BCUT2D eigenvalue weighted by Crippen LogP contribution is -2.22. The van der Waals surface area contributed by atoms with Crippen LogP contribution in [0, 0.1) is 6.92 Å². The fourth-order valence-corrected chi connectivity index (χ4v) is 3.98. The third-order valence-electron chi connectivity index (χ3n) is 3.94. The van der Waals surface area contributed by atoms with Gasteiger partial charge in [-0.15, -0.1) is 11.3 Å². The second-order valence-corrected chi connectivity index (χ2v) is 6.90. The maximum absolute atomic E-state index is 12.2. The number of hydrogen-bond acceptors (Lipinski definition) is 4. The molecule has 0 fully saturated rings. The third-order valence-corrected chi connectivity index (χ3v) is 5.09. The first kappa shape index (κ1) is 16.5. The Morgan fingerprint density at radius 3 is 2.67 bits per heavy atom. The van der Waals surface area contributed by atoms with E-state index in [1.54, 1.807) is 0 Å². The lowest BCUT2D eigenvalue weighted by molar-refractivity contribution is 0.100. The first-order valence-corrected chi connectivity index (χ1v) is 8.66. The number of nitrogens with one attached hydrogen (secondary N) is 3. The van der Waals surface area contributed by atoms with E-state index in [-0.39, 0.29) is 6.03 Å². The van der Waals surface area contributed by atoms with E-state index < -0.39 is 5.91 Å². The van der Waals surface area contributed by atoms with Crippen LogP contribution in [0.2, 0.25) is 0 Å². The molecule has 3 amide bonds. The van der Waals surface area contributed by atoms with Gasteiger partial charge in [-0.3, -0.25) is 10.1 Å². The van der Waals surface area contributed by atoms with Gasteiger partial charge in [-0.1, -0.05) is 17.7 Å². The number of rotatable bonds is 3. The predicted octanol–water partition coefficient (Wildman–Crippen LogP) is 2.84. The van der Waals surface area contributed by atoms with Crippen LogP contribution in [0.3, 0.4) is 0 Å². The number of thiophene rings is 1. The fraction of sp³-hybridized carbons (Fsp3) is 0.294. The Kier molecular flexibility index (Phi) is 4.82. The lowest BCUT2D eigenvalue weighted by atomic mass is 10.1. The van der Waals surface area contributed by atoms with E-state index in [0.717, 1.165) is 35.4 Å². The second kappa shape index (κ2) is 7.02. The van der Waals surface area contributed by atoms with E-state index in [2.05, 4.69) is 16.0 Å². The maximum atomic E-state index is 12.2. The minimum Gasteiger partial charge on any atom is -0.365 e. The van der Waals surface area contributed by atoms with Crippen molar-refractivity contribution in [3.8, 4) is 0 Å². The van der Waals surface area contributed by atoms with Crippen LogP contribution in [0.5, 0.6) is 0 Å². The molecule has 1 aromatic heterocycles. The number of aryl methyl sites for hydroxylation is 1. The smallest absolute Gasteiger partial charge is 0.324 e. The zero-order chi connectivity index (χ0) is 17.1. The molecule has 1 aromatic carbocycles. The summed E-state index contributed by atoms with van der Waals surface area (Å²) >= 11 is 1.41. The van der Waals surface area contributed by atoms with Gasteiger partial charge in [-0.05, 0) is 44.0 Å². The quantitative estimate of drug-likeness (QED) is 0.689. The zero-order valence-electron chi connectivity index (χ0n) is 13.4. The number of benzene rings is 1. The molecule has 6 nitrogen and oxygen atoms in total. The topological polar surface area (TPSA) is 96.2 Å². The van der Waals surface area contributed by atoms with Crippen molar-refractivity contribution in [1.82, 2.24) is 5.32 Å². The van der Waals surface area contributed by atoms with Gasteiger partial charge in [0.1, 0.15) is 5.00 Å². The minimum absolute atomic E-state index is 0.384. The van der Waals surface area contributed by atoms with Gasteiger partial charge < -0.3 is 16.4 Å². The van der Waals surface area contributed by atoms with Crippen molar-refractivity contribution in [3.63, 3.8) is 0 Å². The average molecular weight is 344 g/mol. The highest BCUT2D eigenvalue weighted by atomic mass is 32.1. The van der Waals surface area contributed by atoms with Crippen molar-refractivity contribution in [3.05, 3.63) is 45.8 Å². The number of primary amides is 1. The van der Waals surface area contributed by atoms with Crippen LogP contribution in [0.15, 0.2) is 24.3 Å². The number of carbonyl (C=O) groups is 2. The van der Waals surface area contributed by atoms with E-state index in [9.17, 15) is 9.59 Å². The maximum Gasteiger partial charge on any atom is 0.324 e. The number of hydrogen-bond donors (Lipinski definition) is 4. The number of anilines is 2. The summed E-state index contributed by atoms with van der Waals surface area (Å²) in [5, 5.41) is 9.36. The highest BCUT2D eigenvalue weighted by Gasteiger charge is 2.24. The predicted molar refractivity (Wildman–Crippen MR) is 96.7 cm³/mol. The molecule has 0 saturated carbocycles. The molecule has 0 aliphatic carbocycles. The molecule has 2 heterocycles. The molecule has 0 radical (unpaired) electrons. The van der Waals surface area contributed by atoms with Gasteiger partial charge >= 0.3 is 6.03 Å². The monoisotopic (exact) mass is 344 g/mol. The van der Waals surface area contributed by atoms with Crippen LogP contribution >= 0.6 is 11.3 Å². The molecular weight excluding hydrogens is 324 g/mol. The molecule has 7 heteroatoms. The van der Waals surface area contributed by atoms with Gasteiger partial charge in [0, 0.05) is 17.1 Å². The Balaban J connectivity index is 1.80. The van der Waals surface area contributed by atoms with E-state index >= 15 is 0 Å². The zero-order valence-corrected chi connectivity index (χ0v) is 14.3. The van der Waals surface area contributed by atoms with Crippen LogP contribution in [0.1, 0.15) is 32.8 Å². The third kappa shape index (κ3) is 3.58. The van der Waals surface area contributed by atoms with Crippen molar-refractivity contribution >= 4 is 34.0 Å². The summed E-state index contributed by atoms with van der Waals surface area (Å²) in [5.74, 6) is -0.500. The van der Waals surface area contributed by atoms with Gasteiger partial charge in [0.2, 0.25) is 0 Å². The van der Waals surface area contributed by atoms with Gasteiger partial charge in [0.05, 0.1) is 5.56 Å². The molecule has 1 aliphatic heterocycles. The number of carbonyl (C=O) groups excluding carboxylic acids is 2. The van der Waals surface area contributed by atoms with Crippen molar-refractivity contribution in [1.29, 1.82) is 0 Å². The van der Waals surface area contributed by atoms with E-state index in [1.807, 2.05) is 31.2 Å². The van der Waals surface area contributed by atoms with Crippen molar-refractivity contribution in [2.75, 3.05) is 17.2 Å². The molecule has 0 atom stereocenters. The molecule has 0 bridgehead atoms. The molecule has 1 aliphatic rings. The molecule has 5 N–H and O–H groups in total. The Bertz CT molecular complexity index is 768. The second-order valence-electron chi connectivity index (χ2n) is 5.80. The molecule has 0 unspecified atom stereocenters. The largest absolute Gasteiger partial charge is 0.365 e. The highest BCUT2D eigenvalue weighted by molar-refractivity contribution is 7.17. The van der Waals surface area contributed by atoms with Gasteiger partial charge in [-0.2, -0.15) is 0 Å². The van der Waals surface area contributed by atoms with Crippen molar-refractivity contribution in [2.24, 2.45) is 5.73 Å². The van der Waals surface area contributed by atoms with Gasteiger partial charge in [-0.25, -0.2) is 4.79 Å². The van der Waals surface area contributed by atoms with E-state index in [4.69, 9.17) is 5.73 Å². The van der Waals surface area contributed by atoms with Gasteiger partial charge in [0.25, 0.3) is 5.91 Å². The lowest BCUT2D eigenvalue weighted by Gasteiger charge is -2.08. The number of fused-ring (bicyclic) bond motifs is 1. The van der Waals surface area contributed by atoms with Crippen LogP contribution in [0.4, 0.5) is 15.5 Å². The number of amides is 3. The molecule has 0 saturated heterocycles. The SMILES string of the molecule is Cc1ccc(NC(=O)Nc2sc3c(c2C(N)=O)CCCNC3)cc1. The molecule has 3 rings (SSSR count). The fourth-order valence-electron chi connectivity index (χ4n) is 2.76. The summed E-state index contributed by atoms with van der Waals surface area (Å²) in [5.41, 5.74) is 8.77. The van der Waals surface area contributed by atoms with Crippen LogP contribution in [-0.4, -0.2) is 18.5 Å². The first-order valence-electron chi connectivity index (χ1n) is 7.84. The first-order chi connectivity index (χ1) is 11.5. The summed E-state index contributed by atoms with van der Waals surface area (Å²) in [6.07, 6.45) is 1.73. The van der Waals surface area contributed by atoms with Crippen molar-refractivity contribution in [2.45, 2.75) is 26.3 Å². The molecule has 126 valence electrons. The Hall–Kier alpha value is -2.38. The van der Waals surface area contributed by atoms with Crippen molar-refractivity contribution < 1.29 is 9.59 Å². The molecule has 0 spiro atoms. The number of nitrogens with two attached hydrogens (primary N) is 1. The Labute approximate surface area is 144 Å². The summed E-state index contributed by atoms with van der Waals surface area (Å²) in [6, 6.07) is 7.12. The Morgan fingerprint density at radius 1 is 1.21 bits per heavy atom. The highest BCUT2D eigenvalue weighted by Crippen LogP contribution is 2.35. The van der Waals surface area contributed by atoms with Crippen LogP contribution in [0.25, 0.3) is 0 Å². The average Bonchev–Trinajstić information content (AvgIpc) is 2.71. The van der Waals surface area contributed by atoms with Crippen LogP contribution in [-0.2, 0) is 13.0 Å². The standard InChI is InChI=1S/C17H20N4O2S/c1-10-4-6-11(7-5-10)20-17(23)21-16-14(15(18)22)12-3-2-8-19-9-13(12)24-16/h4-7,19H,2-3,8-9H2,1H3,(H2,18,22)(H2,20,21,23). The summed E-state index contributed by atoms with van der Waals surface area (Å²) in [7, 11) is 0. The van der Waals surface area contributed by atoms with E-state index in [0.29, 0.717) is 22.8 Å². The minimum atomic E-state index is -0.500. The Morgan fingerprint density at radius 2 is 1.96 bits per heavy atom. The van der Waals surface area contributed by atoms with E-state index in [1.165, 1.54) is 11.3 Å². The van der Waals surface area contributed by atoms with Crippen LogP contribution < -0.4 is 21.7 Å². The molecule has 24 heavy (non-hydrogen) atoms. The number of urea groups is 1. The molecule has 2 aromatic rings. The summed E-state index contributed by atoms with van der Waals surface area (Å²) < 4.78 is 0. The summed E-state index contributed by atoms with van der Waals surface area (Å²) in [6.45, 7) is 3.59.